The van der Waals surface area contributed by atoms with Gasteiger partial charge in [0, 0.05) is 13.2 Å². The molecule has 0 aromatic heterocycles. The lowest BCUT2D eigenvalue weighted by molar-refractivity contribution is 0.165. The van der Waals surface area contributed by atoms with Gasteiger partial charge >= 0.3 is 6.09 Å². The van der Waals surface area contributed by atoms with E-state index in [1.165, 1.54) is 4.90 Å². The number of aliphatic hydroxyl groups excluding tert-OH is 1. The first-order valence-electron chi connectivity index (χ1n) is 3.49. The molecule has 0 bridgehead atoms. The molecular formula is C7H11NO3. The molecule has 4 nitrogen and oxygen atoms in total. The second kappa shape index (κ2) is 3.39. The molecule has 1 N–H and O–H groups in total. The van der Waals surface area contributed by atoms with Gasteiger partial charge in [0.1, 0.15) is 5.76 Å². The summed E-state index contributed by atoms with van der Waals surface area (Å²) in [6, 6.07) is 0. The first-order valence-corrected chi connectivity index (χ1v) is 3.49. The third-order valence-electron chi connectivity index (χ3n) is 1.44. The van der Waals surface area contributed by atoms with Crippen molar-refractivity contribution in [3.63, 3.8) is 0 Å². The average molecular weight is 157 g/mol. The number of cyclic esters (lactones) is 1. The monoisotopic (exact) mass is 157 g/mol. The maximum Gasteiger partial charge on any atom is 0.415 e. The molecule has 1 rings (SSSR count). The molecule has 4 heteroatoms. The smallest absolute Gasteiger partial charge is 0.413 e. The lowest BCUT2D eigenvalue weighted by Crippen LogP contribution is -2.25. The highest BCUT2D eigenvalue weighted by Gasteiger charge is 2.24. The van der Waals surface area contributed by atoms with E-state index in [2.05, 4.69) is 11.3 Å². The number of nitrogens with zero attached hydrogens (tertiary/aromatic N) is 1. The van der Waals surface area contributed by atoms with Gasteiger partial charge in [0.05, 0.1) is 6.54 Å². The Kier molecular flexibility index (Phi) is 2.48. The molecule has 62 valence electrons. The molecule has 1 fully saturated rings. The van der Waals surface area contributed by atoms with Gasteiger partial charge in [-0.05, 0) is 6.42 Å². The third-order valence-corrected chi connectivity index (χ3v) is 1.44. The summed E-state index contributed by atoms with van der Waals surface area (Å²) in [5, 5.41) is 8.48. The number of hydrogen-bond donors (Lipinski definition) is 1. The number of carbonyl (C=O) groups excluding carboxylic acids is 1. The van der Waals surface area contributed by atoms with Gasteiger partial charge < -0.3 is 14.7 Å². The predicted molar refractivity (Wildman–Crippen MR) is 38.9 cm³/mol. The average Bonchev–Trinajstić information content (AvgIpc) is 2.26. The molecule has 0 aromatic rings. The molecule has 0 spiro atoms. The fourth-order valence-corrected chi connectivity index (χ4v) is 0.930. The third kappa shape index (κ3) is 1.94. The zero-order valence-corrected chi connectivity index (χ0v) is 6.25. The van der Waals surface area contributed by atoms with E-state index in [-0.39, 0.29) is 12.7 Å². The van der Waals surface area contributed by atoms with Crippen LogP contribution in [0.2, 0.25) is 0 Å². The topological polar surface area (TPSA) is 49.8 Å². The molecule has 1 saturated heterocycles. The second-order valence-electron chi connectivity index (χ2n) is 2.41. The van der Waals surface area contributed by atoms with Crippen molar-refractivity contribution in [1.29, 1.82) is 0 Å². The lowest BCUT2D eigenvalue weighted by atomic mass is 10.4. The van der Waals surface area contributed by atoms with Gasteiger partial charge in [-0.15, -0.1) is 0 Å². The zero-order chi connectivity index (χ0) is 8.27. The summed E-state index contributed by atoms with van der Waals surface area (Å²) in [6.07, 6.45) is 0.228. The largest absolute Gasteiger partial charge is 0.415 e. The molecule has 0 atom stereocenters. The van der Waals surface area contributed by atoms with Gasteiger partial charge in [-0.2, -0.15) is 0 Å². The number of ether oxygens (including phenoxy) is 1. The molecule has 11 heavy (non-hydrogen) atoms. The highest BCUT2D eigenvalue weighted by Crippen LogP contribution is 2.11. The van der Waals surface area contributed by atoms with E-state index >= 15 is 0 Å². The Morgan fingerprint density at radius 1 is 1.73 bits per heavy atom. The molecule has 0 aromatic carbocycles. The summed E-state index contributed by atoms with van der Waals surface area (Å²) in [5.41, 5.74) is 0. The van der Waals surface area contributed by atoms with Crippen LogP contribution in [-0.4, -0.2) is 35.8 Å². The Morgan fingerprint density at radius 3 is 2.91 bits per heavy atom. The molecule has 0 saturated carbocycles. The quantitative estimate of drug-likeness (QED) is 0.642. The molecule has 0 radical (unpaired) electrons. The minimum absolute atomic E-state index is 0.0935. The summed E-state index contributed by atoms with van der Waals surface area (Å²) in [6.45, 7) is 4.60. The van der Waals surface area contributed by atoms with Crippen molar-refractivity contribution in [1.82, 2.24) is 4.90 Å². The predicted octanol–water partition coefficient (Wildman–Crippen LogP) is 0.335. The minimum atomic E-state index is -0.358. The van der Waals surface area contributed by atoms with Gasteiger partial charge in [0.15, 0.2) is 0 Å². The minimum Gasteiger partial charge on any atom is -0.413 e. The van der Waals surface area contributed by atoms with Crippen LogP contribution in [0.15, 0.2) is 12.3 Å². The Bertz CT molecular complexity index is 179. The van der Waals surface area contributed by atoms with Crippen LogP contribution < -0.4 is 0 Å². The van der Waals surface area contributed by atoms with Gasteiger partial charge in [-0.1, -0.05) is 6.58 Å². The van der Waals surface area contributed by atoms with E-state index in [1.54, 1.807) is 0 Å². The first-order chi connectivity index (χ1) is 5.24. The van der Waals surface area contributed by atoms with Crippen molar-refractivity contribution in [3.05, 3.63) is 12.3 Å². The molecular weight excluding hydrogens is 146 g/mol. The fourth-order valence-electron chi connectivity index (χ4n) is 0.930. The summed E-state index contributed by atoms with van der Waals surface area (Å²) in [5.74, 6) is 0.480. The van der Waals surface area contributed by atoms with Crippen LogP contribution in [-0.2, 0) is 4.74 Å². The molecule has 1 amide bonds. The van der Waals surface area contributed by atoms with Crippen LogP contribution in [0.5, 0.6) is 0 Å². The van der Waals surface area contributed by atoms with Crippen LogP contribution in [0.25, 0.3) is 0 Å². The van der Waals surface area contributed by atoms with Crippen LogP contribution in [0.1, 0.15) is 6.42 Å². The summed E-state index contributed by atoms with van der Waals surface area (Å²) < 4.78 is 4.68. The van der Waals surface area contributed by atoms with Gasteiger partial charge in [0.25, 0.3) is 0 Å². The number of amides is 1. The molecule has 0 aliphatic carbocycles. The highest BCUT2D eigenvalue weighted by atomic mass is 16.6. The van der Waals surface area contributed by atoms with Crippen LogP contribution >= 0.6 is 0 Å². The van der Waals surface area contributed by atoms with Gasteiger partial charge in [-0.25, -0.2) is 4.79 Å². The Hall–Kier alpha value is -1.03. The Balaban J connectivity index is 2.34. The van der Waals surface area contributed by atoms with E-state index < -0.39 is 0 Å². The van der Waals surface area contributed by atoms with E-state index in [9.17, 15) is 4.79 Å². The number of rotatable bonds is 3. The Morgan fingerprint density at radius 2 is 2.45 bits per heavy atom. The van der Waals surface area contributed by atoms with Crippen LogP contribution in [0.3, 0.4) is 0 Å². The van der Waals surface area contributed by atoms with Crippen molar-refractivity contribution in [2.45, 2.75) is 6.42 Å². The lowest BCUT2D eigenvalue weighted by Gasteiger charge is -2.09. The standard InChI is InChI=1S/C7H11NO3/c1-6-5-8(3-2-4-9)7(10)11-6/h9H,1-5H2. The van der Waals surface area contributed by atoms with E-state index in [1.807, 2.05) is 0 Å². The highest BCUT2D eigenvalue weighted by molar-refractivity contribution is 5.71. The Labute approximate surface area is 65.1 Å². The SMILES string of the molecule is C=C1CN(CCCO)C(=O)O1. The molecule has 1 aliphatic heterocycles. The van der Waals surface area contributed by atoms with Crippen molar-refractivity contribution in [2.75, 3.05) is 19.7 Å². The number of aliphatic hydroxyl groups is 1. The molecule has 1 aliphatic rings. The number of carbonyl (C=O) groups is 1. The van der Waals surface area contributed by atoms with Gasteiger partial charge in [-0.3, -0.25) is 0 Å². The van der Waals surface area contributed by atoms with Crippen LogP contribution in [0.4, 0.5) is 4.79 Å². The maximum atomic E-state index is 10.9. The van der Waals surface area contributed by atoms with Crippen molar-refractivity contribution >= 4 is 6.09 Å². The second-order valence-corrected chi connectivity index (χ2v) is 2.41. The van der Waals surface area contributed by atoms with E-state index in [0.29, 0.717) is 25.3 Å². The summed E-state index contributed by atoms with van der Waals surface area (Å²) >= 11 is 0. The maximum absolute atomic E-state index is 10.9. The van der Waals surface area contributed by atoms with Crippen molar-refractivity contribution in [2.24, 2.45) is 0 Å². The normalized spacial score (nSPS) is 17.4. The van der Waals surface area contributed by atoms with Crippen molar-refractivity contribution in [3.8, 4) is 0 Å². The first kappa shape index (κ1) is 8.07. The summed E-state index contributed by atoms with van der Waals surface area (Å²) in [7, 11) is 0. The zero-order valence-electron chi connectivity index (χ0n) is 6.25. The number of hydrogen-bond acceptors (Lipinski definition) is 3. The van der Waals surface area contributed by atoms with E-state index in [0.717, 1.165) is 0 Å². The summed E-state index contributed by atoms with van der Waals surface area (Å²) in [4.78, 5) is 12.4. The van der Waals surface area contributed by atoms with Crippen molar-refractivity contribution < 1.29 is 14.6 Å². The fraction of sp³-hybridized carbons (Fsp3) is 0.571. The van der Waals surface area contributed by atoms with E-state index in [4.69, 9.17) is 5.11 Å². The molecule has 1 heterocycles. The van der Waals surface area contributed by atoms with Crippen LogP contribution in [0, 0.1) is 0 Å². The van der Waals surface area contributed by atoms with Gasteiger partial charge in [0.2, 0.25) is 0 Å². The molecule has 0 unspecified atom stereocenters.